The third-order valence-corrected chi connectivity index (χ3v) is 3.36. The van der Waals surface area contributed by atoms with Gasteiger partial charge in [0, 0.05) is 5.56 Å². The number of carboxylic acid groups (broad SMARTS) is 1. The monoisotopic (exact) mass is 281 g/mol. The Labute approximate surface area is 124 Å². The number of carbonyl (C=O) groups excluding carboxylic acids is 1. The predicted molar refractivity (Wildman–Crippen MR) is 80.2 cm³/mol. The molecule has 2 rings (SSSR count). The third kappa shape index (κ3) is 3.31. The Morgan fingerprint density at radius 2 is 2.00 bits per heavy atom. The van der Waals surface area contributed by atoms with Crippen LogP contribution in [0.3, 0.4) is 0 Å². The van der Waals surface area contributed by atoms with Crippen molar-refractivity contribution < 1.29 is 14.6 Å². The highest BCUT2D eigenvalue weighted by atomic mass is 16.5. The number of rotatable bonds is 6. The van der Waals surface area contributed by atoms with Crippen molar-refractivity contribution in [2.45, 2.75) is 12.3 Å². The number of ether oxygens (including phenoxy) is 1. The van der Waals surface area contributed by atoms with Crippen molar-refractivity contribution in [1.82, 2.24) is 0 Å². The fourth-order valence-electron chi connectivity index (χ4n) is 2.38. The van der Waals surface area contributed by atoms with E-state index in [9.17, 15) is 9.90 Å². The van der Waals surface area contributed by atoms with Crippen LogP contribution in [-0.4, -0.2) is 13.1 Å². The van der Waals surface area contributed by atoms with E-state index in [4.69, 9.17) is 4.74 Å². The standard InChI is InChI=1S/C18H18O3/c1-3-7-13-10-11-15(16(12-13)21-2)17(18(19)20)14-8-5-4-6-9-14/h3-6,8-12,17H,1,7H2,2H3,(H,19,20)/p-1. The topological polar surface area (TPSA) is 49.4 Å². The Bertz CT molecular complexity index is 632. The molecule has 0 aliphatic heterocycles. The zero-order valence-electron chi connectivity index (χ0n) is 11.9. The average molecular weight is 281 g/mol. The van der Waals surface area contributed by atoms with Gasteiger partial charge in [0.15, 0.2) is 0 Å². The summed E-state index contributed by atoms with van der Waals surface area (Å²) in [5, 5.41) is 11.6. The normalized spacial score (nSPS) is 11.7. The molecule has 0 heterocycles. The summed E-state index contributed by atoms with van der Waals surface area (Å²) in [4.78, 5) is 11.6. The lowest BCUT2D eigenvalue weighted by molar-refractivity contribution is -0.306. The maximum Gasteiger partial charge on any atom is 0.123 e. The molecule has 0 saturated carbocycles. The first-order valence-corrected chi connectivity index (χ1v) is 6.71. The Hall–Kier alpha value is -2.55. The summed E-state index contributed by atoms with van der Waals surface area (Å²) in [6.07, 6.45) is 2.50. The van der Waals surface area contributed by atoms with Crippen molar-refractivity contribution in [3.63, 3.8) is 0 Å². The van der Waals surface area contributed by atoms with E-state index in [1.165, 1.54) is 7.11 Å². The molecule has 0 aliphatic carbocycles. The summed E-state index contributed by atoms with van der Waals surface area (Å²) in [6, 6.07) is 14.5. The molecule has 3 nitrogen and oxygen atoms in total. The quantitative estimate of drug-likeness (QED) is 0.763. The number of carbonyl (C=O) groups is 1. The SMILES string of the molecule is C=CCc1ccc(C(C(=O)[O-])c2ccccc2)c(OC)c1. The largest absolute Gasteiger partial charge is 0.549 e. The summed E-state index contributed by atoms with van der Waals surface area (Å²) >= 11 is 0. The second-order valence-electron chi connectivity index (χ2n) is 4.73. The molecule has 0 N–H and O–H groups in total. The molecule has 0 spiro atoms. The van der Waals surface area contributed by atoms with E-state index in [2.05, 4.69) is 6.58 Å². The highest BCUT2D eigenvalue weighted by Gasteiger charge is 2.19. The zero-order valence-corrected chi connectivity index (χ0v) is 11.9. The molecule has 0 amide bonds. The fraction of sp³-hybridized carbons (Fsp3) is 0.167. The minimum Gasteiger partial charge on any atom is -0.549 e. The van der Waals surface area contributed by atoms with E-state index in [0.29, 0.717) is 23.3 Å². The molecular formula is C18H17O3-. The number of methoxy groups -OCH3 is 1. The highest BCUT2D eigenvalue weighted by molar-refractivity contribution is 5.79. The van der Waals surface area contributed by atoms with Crippen molar-refractivity contribution in [3.8, 4) is 5.75 Å². The molecule has 2 aromatic carbocycles. The first-order chi connectivity index (χ1) is 10.2. The first kappa shape index (κ1) is 14.9. The molecule has 0 fully saturated rings. The van der Waals surface area contributed by atoms with Gasteiger partial charge in [0.1, 0.15) is 5.75 Å². The Morgan fingerprint density at radius 1 is 1.29 bits per heavy atom. The number of aliphatic carboxylic acids is 1. The molecular weight excluding hydrogens is 264 g/mol. The maximum atomic E-state index is 11.6. The Morgan fingerprint density at radius 3 is 2.57 bits per heavy atom. The van der Waals surface area contributed by atoms with Gasteiger partial charge in [-0.1, -0.05) is 48.5 Å². The highest BCUT2D eigenvalue weighted by Crippen LogP contribution is 2.32. The number of benzene rings is 2. The second-order valence-corrected chi connectivity index (χ2v) is 4.73. The van der Waals surface area contributed by atoms with Crippen LogP contribution < -0.4 is 9.84 Å². The van der Waals surface area contributed by atoms with Crippen molar-refractivity contribution in [2.75, 3.05) is 7.11 Å². The van der Waals surface area contributed by atoms with Crippen LogP contribution in [0.25, 0.3) is 0 Å². The van der Waals surface area contributed by atoms with Crippen LogP contribution >= 0.6 is 0 Å². The van der Waals surface area contributed by atoms with Crippen molar-refractivity contribution in [3.05, 3.63) is 77.9 Å². The molecule has 0 bridgehead atoms. The summed E-state index contributed by atoms with van der Waals surface area (Å²) in [6.45, 7) is 3.70. The van der Waals surface area contributed by atoms with E-state index >= 15 is 0 Å². The molecule has 21 heavy (non-hydrogen) atoms. The maximum absolute atomic E-state index is 11.6. The zero-order chi connectivity index (χ0) is 15.2. The van der Waals surface area contributed by atoms with Gasteiger partial charge in [-0.3, -0.25) is 0 Å². The number of allylic oxidation sites excluding steroid dienone is 1. The van der Waals surface area contributed by atoms with E-state index in [0.717, 1.165) is 5.56 Å². The summed E-state index contributed by atoms with van der Waals surface area (Å²) < 4.78 is 5.36. The minimum atomic E-state index is -1.14. The van der Waals surface area contributed by atoms with Crippen LogP contribution in [-0.2, 0) is 11.2 Å². The van der Waals surface area contributed by atoms with Gasteiger partial charge in [-0.05, 0) is 23.6 Å². The number of hydrogen-bond donors (Lipinski definition) is 0. The van der Waals surface area contributed by atoms with Crippen molar-refractivity contribution in [1.29, 1.82) is 0 Å². The lowest BCUT2D eigenvalue weighted by Crippen LogP contribution is -2.30. The van der Waals surface area contributed by atoms with Crippen LogP contribution in [0.4, 0.5) is 0 Å². The van der Waals surface area contributed by atoms with Crippen LogP contribution in [0, 0.1) is 0 Å². The molecule has 1 unspecified atom stereocenters. The number of hydrogen-bond acceptors (Lipinski definition) is 3. The summed E-state index contributed by atoms with van der Waals surface area (Å²) in [5.41, 5.74) is 2.29. The predicted octanol–water partition coefficient (Wildman–Crippen LogP) is 2.31. The second kappa shape index (κ2) is 6.75. The third-order valence-electron chi connectivity index (χ3n) is 3.36. The van der Waals surface area contributed by atoms with Crippen LogP contribution in [0.5, 0.6) is 5.75 Å². The number of carboxylic acids is 1. The Balaban J connectivity index is 2.50. The van der Waals surface area contributed by atoms with Gasteiger partial charge in [-0.2, -0.15) is 0 Å². The van der Waals surface area contributed by atoms with Gasteiger partial charge in [-0.25, -0.2) is 0 Å². The molecule has 0 aromatic heterocycles. The van der Waals surface area contributed by atoms with Gasteiger partial charge in [0.05, 0.1) is 19.0 Å². The molecule has 0 aliphatic rings. The molecule has 2 aromatic rings. The van der Waals surface area contributed by atoms with Gasteiger partial charge in [-0.15, -0.1) is 6.58 Å². The molecule has 108 valence electrons. The van der Waals surface area contributed by atoms with Crippen LogP contribution in [0.2, 0.25) is 0 Å². The fourth-order valence-corrected chi connectivity index (χ4v) is 2.38. The van der Waals surface area contributed by atoms with E-state index < -0.39 is 11.9 Å². The van der Waals surface area contributed by atoms with Crippen LogP contribution in [0.1, 0.15) is 22.6 Å². The van der Waals surface area contributed by atoms with E-state index in [1.54, 1.807) is 24.3 Å². The molecule has 0 radical (unpaired) electrons. The lowest BCUT2D eigenvalue weighted by atomic mass is 9.90. The van der Waals surface area contributed by atoms with E-state index in [1.807, 2.05) is 30.3 Å². The minimum absolute atomic E-state index is 0.549. The van der Waals surface area contributed by atoms with Gasteiger partial charge < -0.3 is 14.6 Å². The lowest BCUT2D eigenvalue weighted by Gasteiger charge is -2.22. The summed E-state index contributed by atoms with van der Waals surface area (Å²) in [7, 11) is 1.54. The van der Waals surface area contributed by atoms with E-state index in [-0.39, 0.29) is 0 Å². The van der Waals surface area contributed by atoms with Crippen LogP contribution in [0.15, 0.2) is 61.2 Å². The first-order valence-electron chi connectivity index (χ1n) is 6.71. The van der Waals surface area contributed by atoms with Crippen molar-refractivity contribution in [2.24, 2.45) is 0 Å². The molecule has 1 atom stereocenters. The van der Waals surface area contributed by atoms with Gasteiger partial charge in [0.2, 0.25) is 0 Å². The Kier molecular flexibility index (Phi) is 4.77. The van der Waals surface area contributed by atoms with Gasteiger partial charge >= 0.3 is 0 Å². The average Bonchev–Trinajstić information content (AvgIpc) is 2.50. The van der Waals surface area contributed by atoms with Crippen molar-refractivity contribution >= 4 is 5.97 Å². The molecule has 0 saturated heterocycles. The smallest absolute Gasteiger partial charge is 0.123 e. The molecule has 3 heteroatoms. The van der Waals surface area contributed by atoms with Gasteiger partial charge in [0.25, 0.3) is 0 Å². The summed E-state index contributed by atoms with van der Waals surface area (Å²) in [5.74, 6) is -1.44.